The van der Waals surface area contributed by atoms with Crippen LogP contribution in [0.15, 0.2) is 23.8 Å². The maximum Gasteiger partial charge on any atom is 0.334 e. The Morgan fingerprint density at radius 1 is 1.38 bits per heavy atom. The first kappa shape index (κ1) is 17.7. The predicted octanol–water partition coefficient (Wildman–Crippen LogP) is 2.99. The maximum atomic E-state index is 11.7. The van der Waals surface area contributed by atoms with Gasteiger partial charge in [0, 0.05) is 12.2 Å². The van der Waals surface area contributed by atoms with E-state index in [1.807, 2.05) is 6.08 Å². The highest BCUT2D eigenvalue weighted by Gasteiger charge is 2.56. The molecule has 2 saturated carbocycles. The summed E-state index contributed by atoms with van der Waals surface area (Å²) in [5.41, 5.74) is 1.54. The number of ether oxygens (including phenoxy) is 1. The fourth-order valence-electron chi connectivity index (χ4n) is 5.62. The molecule has 0 aromatic carbocycles. The number of carbonyl (C=O) groups is 1. The number of aliphatic hydroxyl groups is 2. The van der Waals surface area contributed by atoms with Gasteiger partial charge in [0.15, 0.2) is 0 Å². The highest BCUT2D eigenvalue weighted by atomic mass is 16.5. The van der Waals surface area contributed by atoms with Gasteiger partial charge in [0.1, 0.15) is 6.61 Å². The number of cyclic esters (lactones) is 1. The molecule has 5 atom stereocenters. The molecule has 3 aliphatic rings. The van der Waals surface area contributed by atoms with Crippen molar-refractivity contribution in [2.45, 2.75) is 58.5 Å². The van der Waals surface area contributed by atoms with Crippen LogP contribution in [0.5, 0.6) is 0 Å². The van der Waals surface area contributed by atoms with E-state index in [1.165, 1.54) is 0 Å². The van der Waals surface area contributed by atoms with E-state index in [4.69, 9.17) is 4.74 Å². The van der Waals surface area contributed by atoms with Gasteiger partial charge < -0.3 is 14.9 Å². The minimum atomic E-state index is -0.512. The third-order valence-corrected chi connectivity index (χ3v) is 7.10. The minimum Gasteiger partial charge on any atom is -0.458 e. The predicted molar refractivity (Wildman–Crippen MR) is 92.2 cm³/mol. The van der Waals surface area contributed by atoms with Crippen molar-refractivity contribution in [2.75, 3.05) is 13.2 Å². The Labute approximate surface area is 144 Å². The average Bonchev–Trinajstić information content (AvgIpc) is 2.95. The standard InChI is InChI=1S/C20H30O4/c1-13-15(6-5-14-7-10-24-18(14)23)20(3)9-4-8-19(2,12-21)17(20)11-16(13)22/h7,15-17,21-22H,1,4-6,8-12H2,2-3H3/t15-,16+,17+,19+,20+/m1/s1. The number of hydrogen-bond donors (Lipinski definition) is 2. The van der Waals surface area contributed by atoms with Crippen molar-refractivity contribution >= 4 is 5.97 Å². The van der Waals surface area contributed by atoms with Crippen molar-refractivity contribution in [1.82, 2.24) is 0 Å². The van der Waals surface area contributed by atoms with Gasteiger partial charge in [0.05, 0.1) is 6.10 Å². The van der Waals surface area contributed by atoms with Gasteiger partial charge in [-0.1, -0.05) is 26.8 Å². The van der Waals surface area contributed by atoms with Crippen molar-refractivity contribution in [3.63, 3.8) is 0 Å². The molecule has 3 rings (SSSR count). The molecule has 1 aliphatic heterocycles. The van der Waals surface area contributed by atoms with Gasteiger partial charge >= 0.3 is 5.97 Å². The Morgan fingerprint density at radius 2 is 2.12 bits per heavy atom. The topological polar surface area (TPSA) is 66.8 Å². The fraction of sp³-hybridized carbons (Fsp3) is 0.750. The second-order valence-electron chi connectivity index (χ2n) is 8.47. The average molecular weight is 334 g/mol. The zero-order valence-electron chi connectivity index (χ0n) is 14.9. The zero-order valence-corrected chi connectivity index (χ0v) is 14.9. The van der Waals surface area contributed by atoms with Gasteiger partial charge in [0.2, 0.25) is 0 Å². The van der Waals surface area contributed by atoms with Crippen molar-refractivity contribution in [1.29, 1.82) is 0 Å². The summed E-state index contributed by atoms with van der Waals surface area (Å²) in [6, 6.07) is 0. The van der Waals surface area contributed by atoms with Crippen molar-refractivity contribution < 1.29 is 19.7 Å². The van der Waals surface area contributed by atoms with Crippen molar-refractivity contribution in [2.24, 2.45) is 22.7 Å². The van der Waals surface area contributed by atoms with Gasteiger partial charge in [-0.15, -0.1) is 0 Å². The summed E-state index contributed by atoms with van der Waals surface area (Å²) >= 11 is 0. The lowest BCUT2D eigenvalue weighted by molar-refractivity contribution is -0.136. The molecule has 0 unspecified atom stereocenters. The quantitative estimate of drug-likeness (QED) is 0.613. The molecule has 0 aromatic heterocycles. The molecule has 0 aromatic rings. The molecule has 1 heterocycles. The Balaban J connectivity index is 1.85. The molecule has 0 spiro atoms. The summed E-state index contributed by atoms with van der Waals surface area (Å²) in [6.45, 7) is 9.20. The summed E-state index contributed by atoms with van der Waals surface area (Å²) in [5, 5.41) is 20.6. The van der Waals surface area contributed by atoms with E-state index in [-0.39, 0.29) is 35.2 Å². The highest BCUT2D eigenvalue weighted by Crippen LogP contribution is 2.61. The Bertz CT molecular complexity index is 566. The largest absolute Gasteiger partial charge is 0.458 e. The number of hydrogen-bond acceptors (Lipinski definition) is 4. The molecule has 24 heavy (non-hydrogen) atoms. The highest BCUT2D eigenvalue weighted by molar-refractivity contribution is 5.90. The van der Waals surface area contributed by atoms with E-state index >= 15 is 0 Å². The van der Waals surface area contributed by atoms with Crippen LogP contribution in [0, 0.1) is 22.7 Å². The Morgan fingerprint density at radius 3 is 2.75 bits per heavy atom. The minimum absolute atomic E-state index is 0.0229. The smallest absolute Gasteiger partial charge is 0.334 e. The lowest BCUT2D eigenvalue weighted by atomic mass is 9.46. The number of esters is 1. The maximum absolute atomic E-state index is 11.7. The van der Waals surface area contributed by atoms with Crippen LogP contribution >= 0.6 is 0 Å². The van der Waals surface area contributed by atoms with Crippen LogP contribution in [-0.2, 0) is 9.53 Å². The van der Waals surface area contributed by atoms with Crippen molar-refractivity contribution in [3.8, 4) is 0 Å². The summed E-state index contributed by atoms with van der Waals surface area (Å²) in [6.07, 6.45) is 6.71. The molecule has 2 fully saturated rings. The SMILES string of the molecule is C=C1[C@@H](CCC2=CCOC2=O)[C@]2(C)CCC[C@@](C)(CO)[C@@H]2C[C@@H]1O. The second-order valence-corrected chi connectivity index (χ2v) is 8.47. The zero-order chi connectivity index (χ0) is 17.5. The van der Waals surface area contributed by atoms with E-state index in [9.17, 15) is 15.0 Å². The van der Waals surface area contributed by atoms with Crippen LogP contribution in [0.2, 0.25) is 0 Å². The number of rotatable bonds is 4. The van der Waals surface area contributed by atoms with Crippen LogP contribution in [0.25, 0.3) is 0 Å². The lowest BCUT2D eigenvalue weighted by Crippen LogP contribution is -2.54. The first-order chi connectivity index (χ1) is 11.3. The van der Waals surface area contributed by atoms with Crippen LogP contribution in [0.3, 0.4) is 0 Å². The monoisotopic (exact) mass is 334 g/mol. The van der Waals surface area contributed by atoms with E-state index in [2.05, 4.69) is 20.4 Å². The first-order valence-electron chi connectivity index (χ1n) is 9.15. The van der Waals surface area contributed by atoms with E-state index in [0.717, 1.165) is 36.8 Å². The van der Waals surface area contributed by atoms with Gasteiger partial charge in [-0.25, -0.2) is 4.79 Å². The van der Waals surface area contributed by atoms with Crippen LogP contribution in [0.1, 0.15) is 52.4 Å². The molecule has 4 nitrogen and oxygen atoms in total. The van der Waals surface area contributed by atoms with E-state index in [1.54, 1.807) is 0 Å². The number of carbonyl (C=O) groups excluding carboxylic acids is 1. The molecule has 2 N–H and O–H groups in total. The van der Waals surface area contributed by atoms with Crippen LogP contribution in [-0.4, -0.2) is 35.5 Å². The van der Waals surface area contributed by atoms with E-state index in [0.29, 0.717) is 19.4 Å². The molecular weight excluding hydrogens is 304 g/mol. The number of fused-ring (bicyclic) bond motifs is 1. The number of aliphatic hydroxyl groups excluding tert-OH is 2. The van der Waals surface area contributed by atoms with E-state index < -0.39 is 6.10 Å². The fourth-order valence-corrected chi connectivity index (χ4v) is 5.62. The molecule has 0 amide bonds. The van der Waals surface area contributed by atoms with Crippen LogP contribution in [0.4, 0.5) is 0 Å². The molecule has 0 radical (unpaired) electrons. The molecular formula is C20H30O4. The van der Waals surface area contributed by atoms with Gasteiger partial charge in [0.25, 0.3) is 0 Å². The first-order valence-corrected chi connectivity index (χ1v) is 9.15. The molecule has 0 saturated heterocycles. The van der Waals surface area contributed by atoms with Gasteiger partial charge in [-0.2, -0.15) is 0 Å². The van der Waals surface area contributed by atoms with Gasteiger partial charge in [-0.05, 0) is 66.4 Å². The van der Waals surface area contributed by atoms with Crippen LogP contribution < -0.4 is 0 Å². The van der Waals surface area contributed by atoms with Gasteiger partial charge in [-0.3, -0.25) is 0 Å². The third-order valence-electron chi connectivity index (χ3n) is 7.10. The normalized spacial score (nSPS) is 42.5. The lowest BCUT2D eigenvalue weighted by Gasteiger charge is -2.59. The van der Waals surface area contributed by atoms with Crippen molar-refractivity contribution in [3.05, 3.63) is 23.8 Å². The summed E-state index contributed by atoms with van der Waals surface area (Å²) < 4.78 is 5.00. The Kier molecular flexibility index (Phi) is 4.65. The Hall–Kier alpha value is -1.13. The summed E-state index contributed by atoms with van der Waals surface area (Å²) in [4.78, 5) is 11.7. The third kappa shape index (κ3) is 2.74. The molecule has 0 bridgehead atoms. The molecule has 134 valence electrons. The summed E-state index contributed by atoms with van der Waals surface area (Å²) in [5.74, 6) is 0.244. The molecule has 4 heteroatoms. The molecule has 2 aliphatic carbocycles. The second kappa shape index (κ2) is 6.30. The summed E-state index contributed by atoms with van der Waals surface area (Å²) in [7, 11) is 0.